The summed E-state index contributed by atoms with van der Waals surface area (Å²) in [6, 6.07) is 14.3. The predicted molar refractivity (Wildman–Crippen MR) is 117 cm³/mol. The molecule has 3 N–H and O–H groups in total. The third-order valence-electron chi connectivity index (χ3n) is 4.42. The van der Waals surface area contributed by atoms with Crippen molar-refractivity contribution >= 4 is 34.1 Å². The molecular formula is C21H20N8O2. The van der Waals surface area contributed by atoms with E-state index in [1.165, 1.54) is 10.9 Å². The van der Waals surface area contributed by atoms with Crippen LogP contribution in [0.5, 0.6) is 0 Å². The van der Waals surface area contributed by atoms with Gasteiger partial charge in [0.25, 0.3) is 5.56 Å². The third-order valence-corrected chi connectivity index (χ3v) is 4.42. The molecule has 0 unspecified atom stereocenters. The van der Waals surface area contributed by atoms with E-state index in [1.54, 1.807) is 42.7 Å². The van der Waals surface area contributed by atoms with Crippen LogP contribution in [0.4, 0.5) is 17.3 Å². The molecule has 4 rings (SSSR count). The first-order chi connectivity index (χ1) is 15.2. The number of rotatable bonds is 8. The van der Waals surface area contributed by atoms with Crippen molar-refractivity contribution in [2.75, 3.05) is 23.7 Å². The fraction of sp³-hybridized carbons (Fsp3) is 0.143. The summed E-state index contributed by atoms with van der Waals surface area (Å²) in [5, 5.41) is 17.7. The summed E-state index contributed by atoms with van der Waals surface area (Å²) >= 11 is 0. The summed E-state index contributed by atoms with van der Waals surface area (Å²) in [5.41, 5.74) is 1.24. The van der Waals surface area contributed by atoms with Crippen molar-refractivity contribution in [1.29, 1.82) is 0 Å². The minimum atomic E-state index is -0.274. The van der Waals surface area contributed by atoms with Crippen molar-refractivity contribution < 1.29 is 4.79 Å². The number of benzene rings is 1. The summed E-state index contributed by atoms with van der Waals surface area (Å²) in [4.78, 5) is 32.8. The molecule has 0 fully saturated rings. The number of pyridine rings is 1. The normalized spacial score (nSPS) is 10.6. The van der Waals surface area contributed by atoms with Gasteiger partial charge in [-0.25, -0.2) is 4.98 Å². The largest absolute Gasteiger partial charge is 0.367 e. The van der Waals surface area contributed by atoms with Crippen LogP contribution in [0.1, 0.15) is 0 Å². The molecule has 0 saturated carbocycles. The molecule has 1 aromatic carbocycles. The monoisotopic (exact) mass is 416 g/mol. The molecule has 156 valence electrons. The van der Waals surface area contributed by atoms with Gasteiger partial charge in [0.15, 0.2) is 5.82 Å². The molecule has 10 nitrogen and oxygen atoms in total. The lowest BCUT2D eigenvalue weighted by molar-refractivity contribution is -0.121. The molecule has 31 heavy (non-hydrogen) atoms. The van der Waals surface area contributed by atoms with Crippen molar-refractivity contribution in [2.45, 2.75) is 6.54 Å². The van der Waals surface area contributed by atoms with Gasteiger partial charge in [0.1, 0.15) is 12.4 Å². The van der Waals surface area contributed by atoms with E-state index in [0.717, 1.165) is 5.69 Å². The van der Waals surface area contributed by atoms with E-state index in [-0.39, 0.29) is 18.0 Å². The van der Waals surface area contributed by atoms with Gasteiger partial charge in [-0.05, 0) is 36.4 Å². The zero-order chi connectivity index (χ0) is 21.5. The predicted octanol–water partition coefficient (Wildman–Crippen LogP) is 1.55. The first kappa shape index (κ1) is 20.0. The molecule has 0 saturated heterocycles. The Balaban J connectivity index is 1.23. The average Bonchev–Trinajstić information content (AvgIpc) is 2.80. The Bertz CT molecular complexity index is 1230. The molecule has 0 aliphatic carbocycles. The smallest absolute Gasteiger partial charge is 0.261 e. The SMILES string of the molecule is O=C(Cn1cnc2ccccc2c1=O)NCCNc1ccc(Nc2ccncc2)nn1. The van der Waals surface area contributed by atoms with Crippen LogP contribution in [0.25, 0.3) is 10.9 Å². The van der Waals surface area contributed by atoms with Gasteiger partial charge in [0, 0.05) is 31.2 Å². The van der Waals surface area contributed by atoms with Crippen LogP contribution in [-0.2, 0) is 11.3 Å². The third kappa shape index (κ3) is 5.18. The fourth-order valence-corrected chi connectivity index (χ4v) is 2.90. The standard InChI is InChI=1S/C21H20N8O2/c30-20(13-29-14-25-17-4-2-1-3-16(17)21(29)31)24-12-11-23-18-5-6-19(28-27-18)26-15-7-9-22-10-8-15/h1-10,14H,11-13H2,(H,23,27)(H,24,30)(H,22,26,28). The van der Waals surface area contributed by atoms with Crippen LogP contribution in [0.15, 0.2) is 72.0 Å². The van der Waals surface area contributed by atoms with Crippen LogP contribution in [0, 0.1) is 0 Å². The molecule has 0 spiro atoms. The molecule has 1 amide bonds. The molecule has 0 aliphatic rings. The Hall–Kier alpha value is -4.34. The van der Waals surface area contributed by atoms with E-state index >= 15 is 0 Å². The average molecular weight is 416 g/mol. The number of hydrogen-bond donors (Lipinski definition) is 3. The number of para-hydroxylation sites is 1. The molecule has 0 bridgehead atoms. The Kier molecular flexibility index (Phi) is 6.08. The Morgan fingerprint density at radius 1 is 0.935 bits per heavy atom. The molecule has 0 radical (unpaired) electrons. The highest BCUT2D eigenvalue weighted by atomic mass is 16.2. The lowest BCUT2D eigenvalue weighted by atomic mass is 10.2. The minimum absolute atomic E-state index is 0.0914. The van der Waals surface area contributed by atoms with Crippen LogP contribution < -0.4 is 21.5 Å². The number of carbonyl (C=O) groups excluding carboxylic acids is 1. The van der Waals surface area contributed by atoms with Gasteiger partial charge in [-0.1, -0.05) is 12.1 Å². The van der Waals surface area contributed by atoms with Crippen molar-refractivity contribution in [3.05, 3.63) is 77.6 Å². The van der Waals surface area contributed by atoms with Gasteiger partial charge in [-0.15, -0.1) is 10.2 Å². The number of nitrogens with zero attached hydrogens (tertiary/aromatic N) is 5. The number of carbonyl (C=O) groups is 1. The number of anilines is 3. The highest BCUT2D eigenvalue weighted by molar-refractivity contribution is 5.78. The van der Waals surface area contributed by atoms with E-state index in [4.69, 9.17) is 0 Å². The maximum atomic E-state index is 12.4. The zero-order valence-electron chi connectivity index (χ0n) is 16.5. The maximum absolute atomic E-state index is 12.4. The molecule has 0 aliphatic heterocycles. The van der Waals surface area contributed by atoms with Gasteiger partial charge in [-0.3, -0.25) is 19.1 Å². The van der Waals surface area contributed by atoms with Crippen LogP contribution >= 0.6 is 0 Å². The number of aromatic nitrogens is 5. The van der Waals surface area contributed by atoms with Gasteiger partial charge >= 0.3 is 0 Å². The minimum Gasteiger partial charge on any atom is -0.367 e. The molecule has 3 heterocycles. The first-order valence-corrected chi connectivity index (χ1v) is 9.64. The van der Waals surface area contributed by atoms with Gasteiger partial charge in [0.05, 0.1) is 17.2 Å². The van der Waals surface area contributed by atoms with Crippen LogP contribution in [0.3, 0.4) is 0 Å². The number of nitrogens with one attached hydrogen (secondary N) is 3. The summed E-state index contributed by atoms with van der Waals surface area (Å²) < 4.78 is 1.30. The highest BCUT2D eigenvalue weighted by Gasteiger charge is 2.07. The Morgan fingerprint density at radius 2 is 1.71 bits per heavy atom. The van der Waals surface area contributed by atoms with Crippen molar-refractivity contribution in [3.8, 4) is 0 Å². The maximum Gasteiger partial charge on any atom is 0.261 e. The van der Waals surface area contributed by atoms with Crippen LogP contribution in [-0.4, -0.2) is 43.7 Å². The second-order valence-corrected chi connectivity index (χ2v) is 6.64. The number of amides is 1. The molecular weight excluding hydrogens is 396 g/mol. The quantitative estimate of drug-likeness (QED) is 0.369. The van der Waals surface area contributed by atoms with Crippen molar-refractivity contribution in [3.63, 3.8) is 0 Å². The second kappa shape index (κ2) is 9.44. The van der Waals surface area contributed by atoms with Gasteiger partial charge < -0.3 is 16.0 Å². The van der Waals surface area contributed by atoms with E-state index in [9.17, 15) is 9.59 Å². The summed E-state index contributed by atoms with van der Waals surface area (Å²) in [7, 11) is 0. The zero-order valence-corrected chi connectivity index (χ0v) is 16.5. The van der Waals surface area contributed by atoms with E-state index in [2.05, 4.69) is 36.1 Å². The number of hydrogen-bond acceptors (Lipinski definition) is 8. The lowest BCUT2D eigenvalue weighted by Crippen LogP contribution is -2.35. The molecule has 3 aromatic heterocycles. The van der Waals surface area contributed by atoms with Crippen molar-refractivity contribution in [2.24, 2.45) is 0 Å². The lowest BCUT2D eigenvalue weighted by Gasteiger charge is -2.09. The van der Waals surface area contributed by atoms with Gasteiger partial charge in [-0.2, -0.15) is 0 Å². The summed E-state index contributed by atoms with van der Waals surface area (Å²) in [6.07, 6.45) is 4.76. The van der Waals surface area contributed by atoms with Crippen molar-refractivity contribution in [1.82, 2.24) is 30.0 Å². The molecule has 0 atom stereocenters. The van der Waals surface area contributed by atoms with Crippen LogP contribution in [0.2, 0.25) is 0 Å². The fourth-order valence-electron chi connectivity index (χ4n) is 2.90. The number of fused-ring (bicyclic) bond motifs is 1. The van der Waals surface area contributed by atoms with E-state index < -0.39 is 0 Å². The Morgan fingerprint density at radius 3 is 2.52 bits per heavy atom. The van der Waals surface area contributed by atoms with E-state index in [0.29, 0.717) is 35.6 Å². The highest BCUT2D eigenvalue weighted by Crippen LogP contribution is 2.13. The summed E-state index contributed by atoms with van der Waals surface area (Å²) in [5.74, 6) is 0.924. The molecule has 4 aromatic rings. The Labute approximate surface area is 177 Å². The second-order valence-electron chi connectivity index (χ2n) is 6.64. The first-order valence-electron chi connectivity index (χ1n) is 9.64. The topological polar surface area (TPSA) is 127 Å². The van der Waals surface area contributed by atoms with Gasteiger partial charge in [0.2, 0.25) is 5.91 Å². The van der Waals surface area contributed by atoms with E-state index in [1.807, 2.05) is 18.2 Å². The molecule has 10 heteroatoms. The summed E-state index contributed by atoms with van der Waals surface area (Å²) in [6.45, 7) is 0.738.